The number of nitrogen functional groups attached to an aromatic ring is 1. The molecule has 0 saturated heterocycles. The first-order chi connectivity index (χ1) is 7.84. The van der Waals surface area contributed by atoms with Crippen LogP contribution >= 0.6 is 0 Å². The third kappa shape index (κ3) is 3.00. The number of rotatable bonds is 4. The summed E-state index contributed by atoms with van der Waals surface area (Å²) < 4.78 is 0. The molecule has 2 aromatic rings. The van der Waals surface area contributed by atoms with Crippen molar-refractivity contribution >= 4 is 5.69 Å². The maximum Gasteiger partial charge on any atom is 0.165 e. The molecule has 0 aromatic heterocycles. The minimum absolute atomic E-state index is 0.422. The predicted octanol–water partition coefficient (Wildman–Crippen LogP) is 2.78. The molecule has 0 spiro atoms. The van der Waals surface area contributed by atoms with Crippen molar-refractivity contribution in [2.75, 3.05) is 5.73 Å². The number of hydrogen-bond donors (Lipinski definition) is 1. The molecular formula is C13H13NO2. The van der Waals surface area contributed by atoms with Gasteiger partial charge in [-0.2, -0.15) is 4.89 Å². The number of anilines is 1. The lowest BCUT2D eigenvalue weighted by Gasteiger charge is -2.04. The van der Waals surface area contributed by atoms with Crippen LogP contribution in [0.3, 0.4) is 0 Å². The molecule has 0 aliphatic carbocycles. The van der Waals surface area contributed by atoms with Crippen LogP contribution in [0.5, 0.6) is 5.75 Å². The lowest BCUT2D eigenvalue weighted by atomic mass is 10.2. The summed E-state index contributed by atoms with van der Waals surface area (Å²) in [7, 11) is 0. The molecule has 3 nitrogen and oxygen atoms in total. The first-order valence-corrected chi connectivity index (χ1v) is 5.03. The average Bonchev–Trinajstić information content (AvgIpc) is 2.33. The van der Waals surface area contributed by atoms with E-state index in [-0.39, 0.29) is 0 Å². The monoisotopic (exact) mass is 215 g/mol. The molecule has 0 amide bonds. The van der Waals surface area contributed by atoms with Crippen LogP contribution in [-0.4, -0.2) is 0 Å². The molecule has 0 aliphatic heterocycles. The molecule has 3 heteroatoms. The zero-order valence-electron chi connectivity index (χ0n) is 8.80. The third-order valence-corrected chi connectivity index (χ3v) is 2.10. The molecule has 2 aromatic carbocycles. The Balaban J connectivity index is 1.82. The van der Waals surface area contributed by atoms with Crippen molar-refractivity contribution in [1.29, 1.82) is 0 Å². The van der Waals surface area contributed by atoms with Crippen molar-refractivity contribution in [3.63, 3.8) is 0 Å². The first kappa shape index (κ1) is 10.5. The Hall–Kier alpha value is -2.00. The van der Waals surface area contributed by atoms with Gasteiger partial charge in [-0.25, -0.2) is 0 Å². The summed E-state index contributed by atoms with van der Waals surface area (Å²) in [5, 5.41) is 0. The maximum absolute atomic E-state index is 5.55. The first-order valence-electron chi connectivity index (χ1n) is 5.03. The van der Waals surface area contributed by atoms with Gasteiger partial charge in [0.1, 0.15) is 6.61 Å². The Morgan fingerprint density at radius 1 is 0.875 bits per heavy atom. The van der Waals surface area contributed by atoms with E-state index in [0.29, 0.717) is 18.0 Å². The summed E-state index contributed by atoms with van der Waals surface area (Å²) >= 11 is 0. The largest absolute Gasteiger partial charge is 0.399 e. The van der Waals surface area contributed by atoms with Crippen molar-refractivity contribution in [3.05, 3.63) is 60.2 Å². The van der Waals surface area contributed by atoms with Crippen LogP contribution < -0.4 is 10.6 Å². The molecule has 0 heterocycles. The number of nitrogens with two attached hydrogens (primary N) is 1. The molecule has 0 radical (unpaired) electrons. The Morgan fingerprint density at radius 3 is 2.25 bits per heavy atom. The highest BCUT2D eigenvalue weighted by atomic mass is 17.2. The maximum atomic E-state index is 5.55. The molecule has 82 valence electrons. The molecule has 2 rings (SSSR count). The molecule has 2 N–H and O–H groups in total. The van der Waals surface area contributed by atoms with E-state index in [0.717, 1.165) is 5.56 Å². The molecule has 0 atom stereocenters. The smallest absolute Gasteiger partial charge is 0.165 e. The lowest BCUT2D eigenvalue weighted by Crippen LogP contribution is -1.97. The summed E-state index contributed by atoms with van der Waals surface area (Å²) in [6.07, 6.45) is 0. The van der Waals surface area contributed by atoms with Crippen molar-refractivity contribution in [1.82, 2.24) is 0 Å². The van der Waals surface area contributed by atoms with E-state index in [1.807, 2.05) is 30.3 Å². The minimum Gasteiger partial charge on any atom is -0.399 e. The highest BCUT2D eigenvalue weighted by Crippen LogP contribution is 2.13. The molecular weight excluding hydrogens is 202 g/mol. The van der Waals surface area contributed by atoms with Crippen LogP contribution in [0.25, 0.3) is 0 Å². The molecule has 0 aliphatic rings. The van der Waals surface area contributed by atoms with Crippen molar-refractivity contribution in [2.24, 2.45) is 0 Å². The Labute approximate surface area is 94.3 Å². The van der Waals surface area contributed by atoms with Gasteiger partial charge in [-0.05, 0) is 29.8 Å². The highest BCUT2D eigenvalue weighted by Gasteiger charge is 1.95. The predicted molar refractivity (Wildman–Crippen MR) is 62.7 cm³/mol. The molecule has 0 saturated carbocycles. The summed E-state index contributed by atoms with van der Waals surface area (Å²) in [6, 6.07) is 16.9. The fourth-order valence-corrected chi connectivity index (χ4v) is 1.26. The van der Waals surface area contributed by atoms with E-state index in [1.165, 1.54) is 0 Å². The van der Waals surface area contributed by atoms with Gasteiger partial charge >= 0.3 is 0 Å². The van der Waals surface area contributed by atoms with E-state index in [2.05, 4.69) is 0 Å². The third-order valence-electron chi connectivity index (χ3n) is 2.10. The van der Waals surface area contributed by atoms with Gasteiger partial charge in [0, 0.05) is 5.69 Å². The van der Waals surface area contributed by atoms with Gasteiger partial charge in [-0.3, -0.25) is 0 Å². The lowest BCUT2D eigenvalue weighted by molar-refractivity contribution is -0.217. The Morgan fingerprint density at radius 2 is 1.56 bits per heavy atom. The zero-order chi connectivity index (χ0) is 11.2. The van der Waals surface area contributed by atoms with Gasteiger partial charge in [-0.1, -0.05) is 30.3 Å². The quantitative estimate of drug-likeness (QED) is 0.484. The van der Waals surface area contributed by atoms with Crippen LogP contribution in [0.15, 0.2) is 54.6 Å². The molecule has 16 heavy (non-hydrogen) atoms. The normalized spacial score (nSPS) is 10.0. The van der Waals surface area contributed by atoms with Gasteiger partial charge in [0.25, 0.3) is 0 Å². The second-order valence-electron chi connectivity index (χ2n) is 3.40. The van der Waals surface area contributed by atoms with Crippen molar-refractivity contribution < 1.29 is 9.78 Å². The van der Waals surface area contributed by atoms with Crippen LogP contribution in [0.4, 0.5) is 5.69 Å². The van der Waals surface area contributed by atoms with E-state index in [1.54, 1.807) is 24.3 Å². The minimum atomic E-state index is 0.422. The van der Waals surface area contributed by atoms with Crippen LogP contribution in [0, 0.1) is 0 Å². The van der Waals surface area contributed by atoms with Crippen molar-refractivity contribution in [2.45, 2.75) is 6.61 Å². The fraction of sp³-hybridized carbons (Fsp3) is 0.0769. The fourth-order valence-electron chi connectivity index (χ4n) is 1.26. The summed E-state index contributed by atoms with van der Waals surface area (Å²) in [4.78, 5) is 10.2. The van der Waals surface area contributed by atoms with Gasteiger partial charge in [0.15, 0.2) is 5.75 Å². The van der Waals surface area contributed by atoms with E-state index in [9.17, 15) is 0 Å². The molecule has 0 bridgehead atoms. The van der Waals surface area contributed by atoms with Crippen molar-refractivity contribution in [3.8, 4) is 5.75 Å². The zero-order valence-corrected chi connectivity index (χ0v) is 8.80. The summed E-state index contributed by atoms with van der Waals surface area (Å²) in [6.45, 7) is 0.422. The van der Waals surface area contributed by atoms with E-state index < -0.39 is 0 Å². The second-order valence-corrected chi connectivity index (χ2v) is 3.40. The average molecular weight is 215 g/mol. The molecule has 0 unspecified atom stereocenters. The van der Waals surface area contributed by atoms with Gasteiger partial charge in [0.05, 0.1) is 0 Å². The molecule has 0 fully saturated rings. The Kier molecular flexibility index (Phi) is 3.41. The van der Waals surface area contributed by atoms with Gasteiger partial charge in [-0.15, -0.1) is 0 Å². The highest BCUT2D eigenvalue weighted by molar-refractivity contribution is 5.41. The van der Waals surface area contributed by atoms with Crippen LogP contribution in [0.1, 0.15) is 5.56 Å². The van der Waals surface area contributed by atoms with Crippen LogP contribution in [0.2, 0.25) is 0 Å². The summed E-state index contributed by atoms with van der Waals surface area (Å²) in [5.41, 5.74) is 7.32. The van der Waals surface area contributed by atoms with Gasteiger partial charge in [0.2, 0.25) is 0 Å². The number of hydrogen-bond acceptors (Lipinski definition) is 3. The van der Waals surface area contributed by atoms with E-state index >= 15 is 0 Å². The standard InChI is InChI=1S/C13H13NO2/c14-12-6-8-13(9-7-12)16-15-10-11-4-2-1-3-5-11/h1-9H,10,14H2. The van der Waals surface area contributed by atoms with E-state index in [4.69, 9.17) is 15.5 Å². The topological polar surface area (TPSA) is 44.5 Å². The number of benzene rings is 2. The Bertz CT molecular complexity index is 425. The van der Waals surface area contributed by atoms with Gasteiger partial charge < -0.3 is 10.6 Å². The van der Waals surface area contributed by atoms with Crippen LogP contribution in [-0.2, 0) is 11.5 Å². The summed E-state index contributed by atoms with van der Waals surface area (Å²) in [5.74, 6) is 0.644. The SMILES string of the molecule is Nc1ccc(OOCc2ccccc2)cc1. The second kappa shape index (κ2) is 5.19.